The van der Waals surface area contributed by atoms with Gasteiger partial charge in [-0.2, -0.15) is 0 Å². The molecule has 1 fully saturated rings. The molecule has 0 aliphatic carbocycles. The first-order valence-electron chi connectivity index (χ1n) is 7.54. The highest BCUT2D eigenvalue weighted by Crippen LogP contribution is 2.31. The highest BCUT2D eigenvalue weighted by atomic mass is 35.5. The summed E-state index contributed by atoms with van der Waals surface area (Å²) in [6, 6.07) is 6.18. The van der Waals surface area contributed by atoms with Crippen LogP contribution in [0.4, 0.5) is 5.69 Å². The Balaban J connectivity index is 1.89. The smallest absolute Gasteiger partial charge is 0.0823 e. The molecule has 0 radical (unpaired) electrons. The van der Waals surface area contributed by atoms with Gasteiger partial charge in [0.1, 0.15) is 0 Å². The van der Waals surface area contributed by atoms with Gasteiger partial charge in [-0.3, -0.25) is 0 Å². The topological polar surface area (TPSA) is 15.3 Å². The molecule has 0 bridgehead atoms. The molecule has 2 nitrogen and oxygen atoms in total. The van der Waals surface area contributed by atoms with E-state index >= 15 is 0 Å². The van der Waals surface area contributed by atoms with Crippen molar-refractivity contribution in [3.63, 3.8) is 0 Å². The number of anilines is 1. The number of halogens is 2. The number of nitrogens with zero attached hydrogens (tertiary/aromatic N) is 1. The van der Waals surface area contributed by atoms with E-state index in [1.807, 2.05) is 18.2 Å². The van der Waals surface area contributed by atoms with Crippen LogP contribution in [-0.4, -0.2) is 30.6 Å². The Morgan fingerprint density at radius 1 is 1.30 bits per heavy atom. The maximum absolute atomic E-state index is 6.24. The first-order chi connectivity index (χ1) is 9.61. The molecule has 2 rings (SSSR count). The van der Waals surface area contributed by atoms with Gasteiger partial charge < -0.3 is 10.2 Å². The standard InChI is InChI=1S/C16H24Cl2N2/c1-3-9-20-10-7-13(8-11-20)12(2)19-15-6-4-5-14(17)16(15)18/h4-6,12-13,19H,3,7-11H2,1-2H3. The Morgan fingerprint density at radius 3 is 2.65 bits per heavy atom. The third kappa shape index (κ3) is 4.03. The van der Waals surface area contributed by atoms with Crippen LogP contribution in [0, 0.1) is 5.92 Å². The second kappa shape index (κ2) is 7.53. The van der Waals surface area contributed by atoms with Gasteiger partial charge in [0, 0.05) is 6.04 Å². The van der Waals surface area contributed by atoms with Gasteiger partial charge in [-0.1, -0.05) is 36.2 Å². The molecule has 4 heteroatoms. The third-order valence-corrected chi connectivity index (χ3v) is 5.03. The minimum Gasteiger partial charge on any atom is -0.381 e. The molecule has 1 saturated heterocycles. The molecule has 1 unspecified atom stereocenters. The molecular weight excluding hydrogens is 291 g/mol. The molecule has 1 N–H and O–H groups in total. The number of benzene rings is 1. The Labute approximate surface area is 132 Å². The summed E-state index contributed by atoms with van der Waals surface area (Å²) in [4.78, 5) is 2.57. The van der Waals surface area contributed by atoms with Crippen molar-refractivity contribution in [2.75, 3.05) is 25.0 Å². The third-order valence-electron chi connectivity index (χ3n) is 4.21. The largest absolute Gasteiger partial charge is 0.381 e. The molecule has 20 heavy (non-hydrogen) atoms. The Kier molecular flexibility index (Phi) is 6.01. The quantitative estimate of drug-likeness (QED) is 0.830. The fourth-order valence-corrected chi connectivity index (χ4v) is 3.33. The fourth-order valence-electron chi connectivity index (χ4n) is 2.97. The van der Waals surface area contributed by atoms with E-state index in [-0.39, 0.29) is 0 Å². The number of rotatable bonds is 5. The molecule has 112 valence electrons. The van der Waals surface area contributed by atoms with E-state index in [0.29, 0.717) is 22.0 Å². The van der Waals surface area contributed by atoms with Crippen molar-refractivity contribution in [1.29, 1.82) is 0 Å². The average molecular weight is 315 g/mol. The first-order valence-corrected chi connectivity index (χ1v) is 8.30. The van der Waals surface area contributed by atoms with Crippen molar-refractivity contribution < 1.29 is 0 Å². The Bertz CT molecular complexity index is 428. The Hall–Kier alpha value is -0.440. The van der Waals surface area contributed by atoms with Crippen LogP contribution in [0.15, 0.2) is 18.2 Å². The van der Waals surface area contributed by atoms with Gasteiger partial charge in [-0.25, -0.2) is 0 Å². The summed E-state index contributed by atoms with van der Waals surface area (Å²) in [5, 5.41) is 4.77. The maximum Gasteiger partial charge on any atom is 0.0823 e. The van der Waals surface area contributed by atoms with Crippen LogP contribution in [0.5, 0.6) is 0 Å². The van der Waals surface area contributed by atoms with Crippen molar-refractivity contribution in [2.45, 2.75) is 39.2 Å². The summed E-state index contributed by atoms with van der Waals surface area (Å²) >= 11 is 12.3. The van der Waals surface area contributed by atoms with E-state index in [1.165, 1.54) is 38.9 Å². The first kappa shape index (κ1) is 15.9. The molecule has 1 aliphatic rings. The van der Waals surface area contributed by atoms with E-state index < -0.39 is 0 Å². The lowest BCUT2D eigenvalue weighted by Gasteiger charge is -2.35. The lowest BCUT2D eigenvalue weighted by atomic mass is 9.90. The van der Waals surface area contributed by atoms with Gasteiger partial charge in [-0.05, 0) is 63.9 Å². The van der Waals surface area contributed by atoms with Crippen molar-refractivity contribution in [2.24, 2.45) is 5.92 Å². The van der Waals surface area contributed by atoms with Gasteiger partial charge >= 0.3 is 0 Å². The van der Waals surface area contributed by atoms with E-state index in [2.05, 4.69) is 24.1 Å². The monoisotopic (exact) mass is 314 g/mol. The number of likely N-dealkylation sites (tertiary alicyclic amines) is 1. The van der Waals surface area contributed by atoms with E-state index in [0.717, 1.165) is 5.69 Å². The molecule has 1 heterocycles. The van der Waals surface area contributed by atoms with Crippen molar-refractivity contribution >= 4 is 28.9 Å². The van der Waals surface area contributed by atoms with Crippen LogP contribution in [0.1, 0.15) is 33.1 Å². The fraction of sp³-hybridized carbons (Fsp3) is 0.625. The SMILES string of the molecule is CCCN1CCC(C(C)Nc2cccc(Cl)c2Cl)CC1. The average Bonchev–Trinajstić information content (AvgIpc) is 2.45. The normalized spacial score (nSPS) is 19.0. The molecule has 0 spiro atoms. The second-order valence-corrected chi connectivity index (χ2v) is 6.50. The predicted octanol–water partition coefficient (Wildman–Crippen LogP) is 4.92. The molecular formula is C16H24Cl2N2. The van der Waals surface area contributed by atoms with Crippen LogP contribution < -0.4 is 5.32 Å². The van der Waals surface area contributed by atoms with Crippen LogP contribution in [-0.2, 0) is 0 Å². The Morgan fingerprint density at radius 2 is 2.00 bits per heavy atom. The summed E-state index contributed by atoms with van der Waals surface area (Å²) in [5.41, 5.74) is 0.947. The van der Waals surface area contributed by atoms with Gasteiger partial charge in [0.05, 0.1) is 15.7 Å². The summed E-state index contributed by atoms with van der Waals surface area (Å²) in [6.07, 6.45) is 3.76. The highest BCUT2D eigenvalue weighted by molar-refractivity contribution is 6.43. The molecule has 0 saturated carbocycles. The lowest BCUT2D eigenvalue weighted by Crippen LogP contribution is -2.39. The second-order valence-electron chi connectivity index (χ2n) is 5.71. The van der Waals surface area contributed by atoms with Crippen LogP contribution in [0.3, 0.4) is 0 Å². The van der Waals surface area contributed by atoms with Crippen LogP contribution in [0.25, 0.3) is 0 Å². The summed E-state index contributed by atoms with van der Waals surface area (Å²) in [6.45, 7) is 8.16. The molecule has 0 aromatic heterocycles. The van der Waals surface area contributed by atoms with Crippen LogP contribution >= 0.6 is 23.2 Å². The van der Waals surface area contributed by atoms with Crippen molar-refractivity contribution in [3.8, 4) is 0 Å². The van der Waals surface area contributed by atoms with Gasteiger partial charge in [0.25, 0.3) is 0 Å². The predicted molar refractivity (Wildman–Crippen MR) is 89.0 cm³/mol. The number of hydrogen-bond acceptors (Lipinski definition) is 2. The summed E-state index contributed by atoms with van der Waals surface area (Å²) < 4.78 is 0. The van der Waals surface area contributed by atoms with Crippen LogP contribution in [0.2, 0.25) is 10.0 Å². The minimum atomic E-state index is 0.426. The number of nitrogens with one attached hydrogen (secondary N) is 1. The van der Waals surface area contributed by atoms with Crippen molar-refractivity contribution in [3.05, 3.63) is 28.2 Å². The van der Waals surface area contributed by atoms with Gasteiger partial charge in [-0.15, -0.1) is 0 Å². The summed E-state index contributed by atoms with van der Waals surface area (Å²) in [5.74, 6) is 0.707. The molecule has 1 aromatic rings. The molecule has 1 atom stereocenters. The zero-order chi connectivity index (χ0) is 14.5. The van der Waals surface area contributed by atoms with Crippen molar-refractivity contribution in [1.82, 2.24) is 4.90 Å². The highest BCUT2D eigenvalue weighted by Gasteiger charge is 2.23. The van der Waals surface area contributed by atoms with E-state index in [4.69, 9.17) is 23.2 Å². The zero-order valence-corrected chi connectivity index (χ0v) is 13.8. The van der Waals surface area contributed by atoms with Gasteiger partial charge in [0.2, 0.25) is 0 Å². The number of hydrogen-bond donors (Lipinski definition) is 1. The summed E-state index contributed by atoms with van der Waals surface area (Å²) in [7, 11) is 0. The van der Waals surface area contributed by atoms with Gasteiger partial charge in [0.15, 0.2) is 0 Å². The zero-order valence-electron chi connectivity index (χ0n) is 12.3. The van der Waals surface area contributed by atoms with E-state index in [9.17, 15) is 0 Å². The maximum atomic E-state index is 6.24. The lowest BCUT2D eigenvalue weighted by molar-refractivity contribution is 0.176. The van der Waals surface area contributed by atoms with E-state index in [1.54, 1.807) is 0 Å². The molecule has 1 aromatic carbocycles. The molecule has 1 aliphatic heterocycles. The molecule has 0 amide bonds. The minimum absolute atomic E-state index is 0.426. The number of piperidine rings is 1.